The van der Waals surface area contributed by atoms with Crippen LogP contribution in [0.5, 0.6) is 0 Å². The van der Waals surface area contributed by atoms with E-state index < -0.39 is 0 Å². The van der Waals surface area contributed by atoms with Gasteiger partial charge in [-0.25, -0.2) is 0 Å². The van der Waals surface area contributed by atoms with Gasteiger partial charge < -0.3 is 5.21 Å². The summed E-state index contributed by atoms with van der Waals surface area (Å²) in [6.45, 7) is 1.65. The molecule has 0 aliphatic rings. The lowest BCUT2D eigenvalue weighted by Gasteiger charge is -1.80. The van der Waals surface area contributed by atoms with Crippen molar-refractivity contribution < 1.29 is 5.21 Å². The van der Waals surface area contributed by atoms with Gasteiger partial charge in [0.2, 0.25) is 0 Å². The Morgan fingerprint density at radius 3 is 2.50 bits per heavy atom. The van der Waals surface area contributed by atoms with Gasteiger partial charge in [0.05, 0.1) is 11.6 Å². The SMILES string of the molecule is C/C(CCl)=N/O. The third-order valence-electron chi connectivity index (χ3n) is 0.364. The maximum absolute atomic E-state index is 7.84. The minimum Gasteiger partial charge on any atom is -0.411 e. The van der Waals surface area contributed by atoms with Crippen molar-refractivity contribution in [3.63, 3.8) is 0 Å². The molecule has 2 nitrogen and oxygen atoms in total. The molecule has 36 valence electrons. The molecule has 0 aliphatic carbocycles. The van der Waals surface area contributed by atoms with Gasteiger partial charge in [0.15, 0.2) is 0 Å². The van der Waals surface area contributed by atoms with Gasteiger partial charge in [-0.2, -0.15) is 0 Å². The average Bonchev–Trinajstić information content (AvgIpc) is 1.65. The molecule has 0 aromatic carbocycles. The van der Waals surface area contributed by atoms with Gasteiger partial charge >= 0.3 is 0 Å². The smallest absolute Gasteiger partial charge is 0.0687 e. The zero-order valence-corrected chi connectivity index (χ0v) is 4.24. The highest BCUT2D eigenvalue weighted by Gasteiger charge is 1.80. The molecular formula is C3H6ClNO. The second-order valence-electron chi connectivity index (χ2n) is 0.969. The Labute approximate surface area is 41.4 Å². The normalized spacial score (nSPS) is 12.0. The van der Waals surface area contributed by atoms with Crippen molar-refractivity contribution in [2.75, 3.05) is 5.88 Å². The molecule has 0 spiro atoms. The highest BCUT2D eigenvalue weighted by atomic mass is 35.5. The molecule has 3 heteroatoms. The van der Waals surface area contributed by atoms with Crippen LogP contribution in [0.2, 0.25) is 0 Å². The molecule has 0 radical (unpaired) electrons. The van der Waals surface area contributed by atoms with Crippen LogP contribution in [0.3, 0.4) is 0 Å². The van der Waals surface area contributed by atoms with Gasteiger partial charge in [-0.3, -0.25) is 0 Å². The van der Waals surface area contributed by atoms with E-state index in [1.54, 1.807) is 6.92 Å². The second kappa shape index (κ2) is 2.97. The standard InChI is InChI=1S/C3H6ClNO/c1-3(2-4)5-6/h6H,2H2,1H3/b5-3-. The lowest BCUT2D eigenvalue weighted by Crippen LogP contribution is -1.89. The summed E-state index contributed by atoms with van der Waals surface area (Å²) in [5.74, 6) is 0.302. The van der Waals surface area contributed by atoms with Gasteiger partial charge in [0.25, 0.3) is 0 Å². The predicted molar refractivity (Wildman–Crippen MR) is 25.6 cm³/mol. The fourth-order valence-electron chi connectivity index (χ4n) is 0.0267. The van der Waals surface area contributed by atoms with Crippen LogP contribution in [0.4, 0.5) is 0 Å². The van der Waals surface area contributed by atoms with Gasteiger partial charge in [0.1, 0.15) is 0 Å². The van der Waals surface area contributed by atoms with E-state index in [4.69, 9.17) is 16.8 Å². The fourth-order valence-corrected chi connectivity index (χ4v) is 0.0802. The van der Waals surface area contributed by atoms with E-state index in [1.165, 1.54) is 0 Å². The molecule has 0 saturated heterocycles. The van der Waals surface area contributed by atoms with E-state index in [1.807, 2.05) is 0 Å². The number of rotatable bonds is 1. The Kier molecular flexibility index (Phi) is 2.85. The minimum atomic E-state index is 0.302. The van der Waals surface area contributed by atoms with Crippen LogP contribution in [0.15, 0.2) is 5.16 Å². The summed E-state index contributed by atoms with van der Waals surface area (Å²) < 4.78 is 0. The van der Waals surface area contributed by atoms with Crippen molar-refractivity contribution in [3.8, 4) is 0 Å². The first-order valence-electron chi connectivity index (χ1n) is 1.54. The van der Waals surface area contributed by atoms with Crippen molar-refractivity contribution in [1.82, 2.24) is 0 Å². The zero-order chi connectivity index (χ0) is 4.99. The van der Waals surface area contributed by atoms with Crippen LogP contribution < -0.4 is 0 Å². The van der Waals surface area contributed by atoms with Gasteiger partial charge in [-0.15, -0.1) is 11.6 Å². The Hall–Kier alpha value is -0.240. The van der Waals surface area contributed by atoms with Gasteiger partial charge in [0, 0.05) is 0 Å². The lowest BCUT2D eigenvalue weighted by atomic mass is 10.5. The monoisotopic (exact) mass is 107 g/mol. The van der Waals surface area contributed by atoms with E-state index >= 15 is 0 Å². The molecule has 6 heavy (non-hydrogen) atoms. The largest absolute Gasteiger partial charge is 0.411 e. The van der Waals surface area contributed by atoms with E-state index in [9.17, 15) is 0 Å². The summed E-state index contributed by atoms with van der Waals surface area (Å²) in [7, 11) is 0. The van der Waals surface area contributed by atoms with Crippen LogP contribution in [0.25, 0.3) is 0 Å². The number of hydrogen-bond acceptors (Lipinski definition) is 2. The molecule has 0 bridgehead atoms. The fraction of sp³-hybridized carbons (Fsp3) is 0.667. The maximum atomic E-state index is 7.84. The quantitative estimate of drug-likeness (QED) is 0.231. The van der Waals surface area contributed by atoms with E-state index in [-0.39, 0.29) is 0 Å². The van der Waals surface area contributed by atoms with Crippen LogP contribution >= 0.6 is 11.6 Å². The number of nitrogens with zero attached hydrogens (tertiary/aromatic N) is 1. The third kappa shape index (κ3) is 2.03. The summed E-state index contributed by atoms with van der Waals surface area (Å²) in [6, 6.07) is 0. The first-order valence-corrected chi connectivity index (χ1v) is 2.08. The number of alkyl halides is 1. The average molecular weight is 108 g/mol. The molecule has 0 aromatic heterocycles. The molecule has 0 saturated carbocycles. The van der Waals surface area contributed by atoms with Crippen LogP contribution in [-0.2, 0) is 0 Å². The zero-order valence-electron chi connectivity index (χ0n) is 3.48. The van der Waals surface area contributed by atoms with E-state index in [0.717, 1.165) is 0 Å². The van der Waals surface area contributed by atoms with Crippen molar-refractivity contribution in [2.45, 2.75) is 6.92 Å². The van der Waals surface area contributed by atoms with Crippen LogP contribution in [-0.4, -0.2) is 16.8 Å². The highest BCUT2D eigenvalue weighted by molar-refractivity contribution is 6.28. The first-order chi connectivity index (χ1) is 2.81. The maximum Gasteiger partial charge on any atom is 0.0687 e. The molecule has 0 atom stereocenters. The summed E-state index contributed by atoms with van der Waals surface area (Å²) in [5, 5.41) is 10.6. The summed E-state index contributed by atoms with van der Waals surface area (Å²) in [4.78, 5) is 0. The van der Waals surface area contributed by atoms with Gasteiger partial charge in [-0.1, -0.05) is 5.16 Å². The molecule has 0 aliphatic heterocycles. The number of hydrogen-bond donors (Lipinski definition) is 1. The molecule has 0 fully saturated rings. The molecule has 0 amide bonds. The molecule has 0 heterocycles. The van der Waals surface area contributed by atoms with Gasteiger partial charge in [-0.05, 0) is 6.92 Å². The van der Waals surface area contributed by atoms with Crippen LogP contribution in [0.1, 0.15) is 6.92 Å². The Bertz CT molecular complexity index is 61.8. The number of oxime groups is 1. The molecule has 0 unspecified atom stereocenters. The summed E-state index contributed by atoms with van der Waals surface area (Å²) >= 11 is 5.16. The molecule has 1 N–H and O–H groups in total. The minimum absolute atomic E-state index is 0.302. The lowest BCUT2D eigenvalue weighted by molar-refractivity contribution is 0.318. The third-order valence-corrected chi connectivity index (χ3v) is 0.751. The second-order valence-corrected chi connectivity index (χ2v) is 1.24. The summed E-state index contributed by atoms with van der Waals surface area (Å²) in [6.07, 6.45) is 0. The Morgan fingerprint density at radius 1 is 2.00 bits per heavy atom. The predicted octanol–water partition coefficient (Wildman–Crippen LogP) is 1.08. The van der Waals surface area contributed by atoms with Crippen molar-refractivity contribution >= 4 is 17.3 Å². The number of halogens is 1. The van der Waals surface area contributed by atoms with Crippen molar-refractivity contribution in [1.29, 1.82) is 0 Å². The molecule has 0 aromatic rings. The molecule has 0 rings (SSSR count). The van der Waals surface area contributed by atoms with E-state index in [0.29, 0.717) is 11.6 Å². The van der Waals surface area contributed by atoms with E-state index in [2.05, 4.69) is 5.16 Å². The molecular weight excluding hydrogens is 101 g/mol. The Morgan fingerprint density at radius 2 is 2.50 bits per heavy atom. The van der Waals surface area contributed by atoms with Crippen LogP contribution in [0, 0.1) is 0 Å². The van der Waals surface area contributed by atoms with Crippen molar-refractivity contribution in [2.24, 2.45) is 5.16 Å². The van der Waals surface area contributed by atoms with Crippen molar-refractivity contribution in [3.05, 3.63) is 0 Å². The summed E-state index contributed by atoms with van der Waals surface area (Å²) in [5.41, 5.74) is 0.539. The highest BCUT2D eigenvalue weighted by Crippen LogP contribution is 1.77. The topological polar surface area (TPSA) is 32.6 Å². The Balaban J connectivity index is 3.22. The first kappa shape index (κ1) is 5.76.